The Balaban J connectivity index is 1.63. The summed E-state index contributed by atoms with van der Waals surface area (Å²) in [7, 11) is 0. The molecule has 2 aromatic carbocycles. The highest BCUT2D eigenvalue weighted by atomic mass is 16.3. The van der Waals surface area contributed by atoms with E-state index in [4.69, 9.17) is 5.73 Å². The van der Waals surface area contributed by atoms with Crippen LogP contribution in [0.3, 0.4) is 0 Å². The van der Waals surface area contributed by atoms with Gasteiger partial charge in [0.2, 0.25) is 35.4 Å². The van der Waals surface area contributed by atoms with Crippen LogP contribution in [0.5, 0.6) is 0 Å². The van der Waals surface area contributed by atoms with Gasteiger partial charge in [-0.1, -0.05) is 82.1 Å². The fraction of sp³-hybridized carbons (Fsp3) is 0.512. The van der Waals surface area contributed by atoms with E-state index in [0.29, 0.717) is 19.3 Å². The van der Waals surface area contributed by atoms with Crippen molar-refractivity contribution in [2.24, 2.45) is 11.7 Å². The zero-order chi connectivity index (χ0) is 40.6. The molecule has 3 aromatic rings. The first-order valence-corrected chi connectivity index (χ1v) is 19.6. The van der Waals surface area contributed by atoms with Gasteiger partial charge in [-0.25, -0.2) is 0 Å². The van der Waals surface area contributed by atoms with Crippen LogP contribution >= 0.6 is 0 Å². The van der Waals surface area contributed by atoms with Gasteiger partial charge in [-0.15, -0.1) is 0 Å². The van der Waals surface area contributed by atoms with Crippen molar-refractivity contribution in [3.63, 3.8) is 0 Å². The average Bonchev–Trinajstić information content (AvgIpc) is 3.59. The molecular formula is C41H58N8O7. The number of aliphatic hydroxyl groups excluding tert-OH is 1. The number of H-pyrrole nitrogens is 1. The summed E-state index contributed by atoms with van der Waals surface area (Å²) in [5.41, 5.74) is 8.66. The largest absolute Gasteiger partial charge is 0.394 e. The molecule has 1 fully saturated rings. The summed E-state index contributed by atoms with van der Waals surface area (Å²) in [5.74, 6) is -3.65. The summed E-state index contributed by atoms with van der Waals surface area (Å²) in [6.07, 6.45) is 4.85. The maximum Gasteiger partial charge on any atom is 0.245 e. The van der Waals surface area contributed by atoms with E-state index in [2.05, 4.69) is 36.9 Å². The number of aromatic nitrogens is 1. The van der Waals surface area contributed by atoms with E-state index in [-0.39, 0.29) is 44.6 Å². The summed E-state index contributed by atoms with van der Waals surface area (Å²) in [4.78, 5) is 85.5. The number of hydrogen-bond donors (Lipinski definition) is 9. The first-order chi connectivity index (χ1) is 26.9. The van der Waals surface area contributed by atoms with Gasteiger partial charge in [0.25, 0.3) is 0 Å². The maximum absolute atomic E-state index is 14.1. The Morgan fingerprint density at radius 1 is 0.821 bits per heavy atom. The highest BCUT2D eigenvalue weighted by Gasteiger charge is 2.33. The van der Waals surface area contributed by atoms with E-state index in [9.17, 15) is 33.9 Å². The van der Waals surface area contributed by atoms with Crippen molar-refractivity contribution >= 4 is 46.3 Å². The summed E-state index contributed by atoms with van der Waals surface area (Å²) in [6, 6.07) is 9.90. The number of unbranched alkanes of at least 4 members (excludes halogenated alkanes) is 1. The van der Waals surface area contributed by atoms with Gasteiger partial charge < -0.3 is 47.7 Å². The molecule has 10 N–H and O–H groups in total. The molecule has 0 unspecified atom stereocenters. The molecule has 1 saturated heterocycles. The smallest absolute Gasteiger partial charge is 0.245 e. The molecule has 56 heavy (non-hydrogen) atoms. The van der Waals surface area contributed by atoms with Crippen LogP contribution in [0.25, 0.3) is 10.9 Å². The Morgan fingerprint density at radius 2 is 1.45 bits per heavy atom. The van der Waals surface area contributed by atoms with Gasteiger partial charge >= 0.3 is 0 Å². The molecule has 1 aliphatic rings. The lowest BCUT2D eigenvalue weighted by atomic mass is 10.00. The normalized spacial score (nSPS) is 22.5. The van der Waals surface area contributed by atoms with E-state index in [1.54, 1.807) is 6.20 Å². The monoisotopic (exact) mass is 774 g/mol. The Bertz CT molecular complexity index is 1780. The van der Waals surface area contributed by atoms with Crippen molar-refractivity contribution in [2.75, 3.05) is 13.2 Å². The molecule has 15 heteroatoms. The van der Waals surface area contributed by atoms with Crippen molar-refractivity contribution in [3.8, 4) is 0 Å². The minimum Gasteiger partial charge on any atom is -0.394 e. The summed E-state index contributed by atoms with van der Waals surface area (Å²) in [6.45, 7) is 5.20. The summed E-state index contributed by atoms with van der Waals surface area (Å²) in [5, 5.41) is 27.6. The third kappa shape index (κ3) is 12.9. The van der Waals surface area contributed by atoms with Crippen LogP contribution < -0.4 is 37.6 Å². The number of aromatic amines is 1. The molecule has 0 spiro atoms. The molecule has 1 aromatic heterocycles. The van der Waals surface area contributed by atoms with Crippen LogP contribution in [0.1, 0.15) is 76.8 Å². The lowest BCUT2D eigenvalue weighted by Crippen LogP contribution is -2.60. The molecule has 6 amide bonds. The number of benzene rings is 2. The number of nitrogens with one attached hydrogen (secondary N) is 7. The zero-order valence-corrected chi connectivity index (χ0v) is 32.6. The number of rotatable bonds is 13. The van der Waals surface area contributed by atoms with Crippen molar-refractivity contribution in [3.05, 3.63) is 71.9 Å². The predicted molar refractivity (Wildman–Crippen MR) is 213 cm³/mol. The Kier molecular flexibility index (Phi) is 16.8. The van der Waals surface area contributed by atoms with Gasteiger partial charge in [-0.05, 0) is 61.6 Å². The van der Waals surface area contributed by atoms with Crippen LogP contribution in [0.15, 0.2) is 60.8 Å². The first-order valence-electron chi connectivity index (χ1n) is 19.6. The van der Waals surface area contributed by atoms with Crippen LogP contribution in [-0.2, 0) is 41.6 Å². The molecule has 6 atom stereocenters. The molecule has 304 valence electrons. The molecule has 1 aliphatic heterocycles. The van der Waals surface area contributed by atoms with Crippen LogP contribution in [0.4, 0.5) is 0 Å². The van der Waals surface area contributed by atoms with Gasteiger partial charge in [-0.2, -0.15) is 0 Å². The van der Waals surface area contributed by atoms with E-state index >= 15 is 0 Å². The van der Waals surface area contributed by atoms with Crippen LogP contribution in [-0.4, -0.2) is 94.9 Å². The van der Waals surface area contributed by atoms with Gasteiger partial charge in [0, 0.05) is 30.1 Å². The number of para-hydroxylation sites is 1. The quantitative estimate of drug-likeness (QED) is 0.122. The second-order valence-electron chi connectivity index (χ2n) is 14.9. The third-order valence-corrected chi connectivity index (χ3v) is 9.93. The number of fused-ring (bicyclic) bond motifs is 1. The lowest BCUT2D eigenvalue weighted by molar-refractivity contribution is -0.136. The topological polar surface area (TPSA) is 237 Å². The third-order valence-electron chi connectivity index (χ3n) is 9.93. The second kappa shape index (κ2) is 21.7. The molecule has 0 saturated carbocycles. The predicted octanol–water partition coefficient (Wildman–Crippen LogP) is 1.23. The SMILES string of the molecule is CCCC[C@@H]1NC(=O)[C@H](Cc2c[nH]c3ccccc23)NC(=O)[C@@H](CCC(C)C)NC(=O)[C@H](CO)NC(=O)[C@@H](NC(=O)[C@@H](N)Cc2ccccc2)CCCNC1=O. The first kappa shape index (κ1) is 43.4. The van der Waals surface area contributed by atoms with Gasteiger partial charge in [0.05, 0.1) is 12.6 Å². The van der Waals surface area contributed by atoms with Crippen molar-refractivity contribution in [2.45, 2.75) is 115 Å². The number of carbonyl (C=O) groups excluding carboxylic acids is 6. The van der Waals surface area contributed by atoms with Gasteiger partial charge in [0.1, 0.15) is 30.2 Å². The van der Waals surface area contributed by atoms with Crippen molar-refractivity contribution < 1.29 is 33.9 Å². The van der Waals surface area contributed by atoms with Crippen LogP contribution in [0, 0.1) is 5.92 Å². The van der Waals surface area contributed by atoms with E-state index in [0.717, 1.165) is 28.5 Å². The highest BCUT2D eigenvalue weighted by molar-refractivity contribution is 5.97. The fourth-order valence-electron chi connectivity index (χ4n) is 6.61. The molecule has 2 heterocycles. The second-order valence-corrected chi connectivity index (χ2v) is 14.9. The van der Waals surface area contributed by atoms with Crippen molar-refractivity contribution in [1.29, 1.82) is 0 Å². The Morgan fingerprint density at radius 3 is 2.14 bits per heavy atom. The number of hydrogen-bond acceptors (Lipinski definition) is 8. The Labute approximate surface area is 328 Å². The molecule has 0 bridgehead atoms. The standard InChI is InChI=1S/C41H58N8O7/c1-4-5-15-31-37(52)43-20-11-17-32(45-36(51)29(42)21-26-12-7-6-8-13-26)38(53)49-35(24-50)41(56)47-33(19-18-25(2)3)39(54)48-34(40(55)46-31)22-27-23-44-30-16-10-9-14-28(27)30/h6-10,12-14,16,23,25,29,31-35,44,50H,4-5,11,15,17-22,24,42H2,1-3H3,(H,43,52)(H,45,51)(H,46,55)(H,47,56)(H,48,54)(H,49,53)/t29-,31-,32-,33+,34-,35-/m0/s1. The van der Waals surface area contributed by atoms with Gasteiger partial charge in [-0.3, -0.25) is 28.8 Å². The summed E-state index contributed by atoms with van der Waals surface area (Å²) < 4.78 is 0. The molecule has 0 aliphatic carbocycles. The highest BCUT2D eigenvalue weighted by Crippen LogP contribution is 2.20. The summed E-state index contributed by atoms with van der Waals surface area (Å²) >= 11 is 0. The van der Waals surface area contributed by atoms with Gasteiger partial charge in [0.15, 0.2) is 0 Å². The van der Waals surface area contributed by atoms with E-state index in [1.807, 2.05) is 75.4 Å². The lowest BCUT2D eigenvalue weighted by Gasteiger charge is -2.28. The average molecular weight is 775 g/mol. The van der Waals surface area contributed by atoms with Crippen LogP contribution in [0.2, 0.25) is 0 Å². The number of nitrogens with two attached hydrogens (primary N) is 1. The molecule has 15 nitrogen and oxygen atoms in total. The maximum atomic E-state index is 14.1. The molecule has 4 rings (SSSR count). The zero-order valence-electron chi connectivity index (χ0n) is 32.6. The van der Waals surface area contributed by atoms with E-state index < -0.39 is 78.3 Å². The fourth-order valence-corrected chi connectivity index (χ4v) is 6.61. The minimum absolute atomic E-state index is 0.0494. The Hall–Kier alpha value is -5.28. The molecule has 0 radical (unpaired) electrons. The number of aliphatic hydroxyl groups is 1. The minimum atomic E-state index is -1.47. The molecular weight excluding hydrogens is 716 g/mol. The van der Waals surface area contributed by atoms with Crippen molar-refractivity contribution in [1.82, 2.24) is 36.9 Å². The van der Waals surface area contributed by atoms with E-state index in [1.165, 1.54) is 0 Å². The number of amides is 6. The number of carbonyl (C=O) groups is 6.